The van der Waals surface area contributed by atoms with Crippen LogP contribution in [0.15, 0.2) is 24.3 Å². The Balaban J connectivity index is 2.05. The minimum Gasteiger partial charge on any atom is -0.457 e. The molecule has 0 spiro atoms. The molecule has 1 aromatic rings. The third kappa shape index (κ3) is 6.53. The van der Waals surface area contributed by atoms with E-state index in [1.54, 1.807) is 45.0 Å². The van der Waals surface area contributed by atoms with Gasteiger partial charge in [-0.25, -0.2) is 4.79 Å². The molecule has 148 valence electrons. The molecule has 3 atom stereocenters. The molecule has 2 rings (SSSR count). The summed E-state index contributed by atoms with van der Waals surface area (Å²) in [6, 6.07) is 6.51. The first-order valence-electron chi connectivity index (χ1n) is 8.80. The number of carbonyl (C=O) groups excluding carboxylic acids is 2. The number of hydrogen-bond acceptors (Lipinski definition) is 8. The first kappa shape index (κ1) is 21.2. The molecule has 0 unspecified atom stereocenters. The average molecular weight is 379 g/mol. The lowest BCUT2D eigenvalue weighted by molar-refractivity contribution is -0.152. The van der Waals surface area contributed by atoms with Crippen molar-refractivity contribution in [3.8, 4) is 0 Å². The Kier molecular flexibility index (Phi) is 6.86. The molecule has 3 N–H and O–H groups in total. The van der Waals surface area contributed by atoms with Crippen LogP contribution in [-0.4, -0.2) is 59.7 Å². The van der Waals surface area contributed by atoms with Crippen molar-refractivity contribution in [2.24, 2.45) is 0 Å². The molecule has 27 heavy (non-hydrogen) atoms. The summed E-state index contributed by atoms with van der Waals surface area (Å²) in [7, 11) is -1.52. The Morgan fingerprint density at radius 3 is 2.33 bits per heavy atom. The van der Waals surface area contributed by atoms with Crippen LogP contribution in [0.1, 0.15) is 33.3 Å². The van der Waals surface area contributed by atoms with Gasteiger partial charge in [-0.15, -0.1) is 0 Å². The first-order valence-corrected chi connectivity index (χ1v) is 8.80. The van der Waals surface area contributed by atoms with Crippen LogP contribution in [-0.2, 0) is 25.4 Å². The lowest BCUT2D eigenvalue weighted by atomic mass is 9.80. The summed E-state index contributed by atoms with van der Waals surface area (Å²) in [6.07, 6.45) is -1.62. The van der Waals surface area contributed by atoms with Crippen LogP contribution >= 0.6 is 0 Å². The lowest BCUT2D eigenvalue weighted by Crippen LogP contribution is -2.40. The van der Waals surface area contributed by atoms with E-state index in [1.165, 1.54) is 6.92 Å². The van der Waals surface area contributed by atoms with Crippen LogP contribution in [0, 0.1) is 0 Å². The maximum absolute atomic E-state index is 12.0. The van der Waals surface area contributed by atoms with Crippen molar-refractivity contribution in [1.82, 2.24) is 5.32 Å². The Labute approximate surface area is 158 Å². The van der Waals surface area contributed by atoms with Crippen LogP contribution in [0.25, 0.3) is 0 Å². The molecular weight excluding hydrogens is 353 g/mol. The van der Waals surface area contributed by atoms with Crippen molar-refractivity contribution in [3.05, 3.63) is 29.8 Å². The van der Waals surface area contributed by atoms with Crippen molar-refractivity contribution < 1.29 is 33.8 Å². The number of rotatable bonds is 5. The molecule has 1 fully saturated rings. The SMILES string of the molecule is CC(=O)O[C@@H]1[C@@H](OC(=O)OC(C)(C)C)CN[C@@H]1Cc1ccc(B(O)O)cc1. The van der Waals surface area contributed by atoms with Crippen molar-refractivity contribution >= 4 is 24.7 Å². The zero-order valence-electron chi connectivity index (χ0n) is 16.0. The largest absolute Gasteiger partial charge is 0.509 e. The normalized spacial score (nSPS) is 22.2. The number of hydrogen-bond donors (Lipinski definition) is 3. The van der Waals surface area contributed by atoms with E-state index < -0.39 is 37.1 Å². The molecule has 1 heterocycles. The maximum Gasteiger partial charge on any atom is 0.509 e. The predicted molar refractivity (Wildman–Crippen MR) is 98.4 cm³/mol. The standard InChI is InChI=1S/C18H26BNO7/c1-11(21)25-16-14(9-12-5-7-13(8-6-12)19(23)24)20-10-15(16)26-17(22)27-18(2,3)4/h5-8,14-16,20,23-24H,9-10H2,1-4H3/t14-,15+,16+/m1/s1. The molecule has 1 aliphatic rings. The quantitative estimate of drug-likeness (QED) is 0.489. The summed E-state index contributed by atoms with van der Waals surface area (Å²) in [5, 5.41) is 21.5. The highest BCUT2D eigenvalue weighted by molar-refractivity contribution is 6.58. The fourth-order valence-electron chi connectivity index (χ4n) is 2.88. The topological polar surface area (TPSA) is 114 Å². The number of ether oxygens (including phenoxy) is 3. The molecule has 1 aliphatic heterocycles. The summed E-state index contributed by atoms with van der Waals surface area (Å²) in [4.78, 5) is 23.5. The molecule has 8 nitrogen and oxygen atoms in total. The van der Waals surface area contributed by atoms with Crippen molar-refractivity contribution in [2.75, 3.05) is 6.54 Å². The Morgan fingerprint density at radius 1 is 1.19 bits per heavy atom. The third-order valence-electron chi connectivity index (χ3n) is 4.02. The minimum atomic E-state index is -1.52. The number of benzene rings is 1. The highest BCUT2D eigenvalue weighted by Gasteiger charge is 2.41. The predicted octanol–water partition coefficient (Wildman–Crippen LogP) is 0.133. The molecule has 0 saturated carbocycles. The van der Waals surface area contributed by atoms with E-state index in [2.05, 4.69) is 5.32 Å². The molecule has 9 heteroatoms. The number of nitrogens with one attached hydrogen (secondary N) is 1. The monoisotopic (exact) mass is 379 g/mol. The molecule has 1 aromatic carbocycles. The Morgan fingerprint density at radius 2 is 1.81 bits per heavy atom. The van der Waals surface area contributed by atoms with Crippen LogP contribution in [0.3, 0.4) is 0 Å². The van der Waals surface area contributed by atoms with Gasteiger partial charge in [-0.2, -0.15) is 0 Å². The lowest BCUT2D eigenvalue weighted by Gasteiger charge is -2.25. The number of carbonyl (C=O) groups is 2. The van der Waals surface area contributed by atoms with Gasteiger partial charge in [0.25, 0.3) is 0 Å². The average Bonchev–Trinajstić information content (AvgIpc) is 2.87. The Hall–Kier alpha value is -2.10. The zero-order valence-corrected chi connectivity index (χ0v) is 16.0. The van der Waals surface area contributed by atoms with E-state index in [-0.39, 0.29) is 6.04 Å². The third-order valence-corrected chi connectivity index (χ3v) is 4.02. The van der Waals surface area contributed by atoms with Gasteiger partial charge < -0.3 is 29.6 Å². The van der Waals surface area contributed by atoms with E-state index >= 15 is 0 Å². The van der Waals surface area contributed by atoms with Crippen molar-refractivity contribution in [1.29, 1.82) is 0 Å². The van der Waals surface area contributed by atoms with Gasteiger partial charge in [0.2, 0.25) is 0 Å². The highest BCUT2D eigenvalue weighted by atomic mass is 16.7. The zero-order chi connectivity index (χ0) is 20.2. The van der Waals surface area contributed by atoms with E-state index in [1.807, 2.05) is 0 Å². The molecule has 0 bridgehead atoms. The maximum atomic E-state index is 12.0. The second-order valence-electron chi connectivity index (χ2n) is 7.53. The molecule has 1 saturated heterocycles. The minimum absolute atomic E-state index is 0.258. The smallest absolute Gasteiger partial charge is 0.457 e. The fourth-order valence-corrected chi connectivity index (χ4v) is 2.88. The van der Waals surface area contributed by atoms with Gasteiger partial charge in [0.1, 0.15) is 5.60 Å². The molecule has 0 aliphatic carbocycles. The van der Waals surface area contributed by atoms with Gasteiger partial charge in [-0.3, -0.25) is 4.79 Å². The van der Waals surface area contributed by atoms with E-state index in [0.29, 0.717) is 18.4 Å². The summed E-state index contributed by atoms with van der Waals surface area (Å²) in [5.41, 5.74) is 0.617. The summed E-state index contributed by atoms with van der Waals surface area (Å²) < 4.78 is 15.9. The van der Waals surface area contributed by atoms with Gasteiger partial charge in [0.15, 0.2) is 12.2 Å². The van der Waals surface area contributed by atoms with Gasteiger partial charge in [0, 0.05) is 13.5 Å². The van der Waals surface area contributed by atoms with E-state index in [9.17, 15) is 9.59 Å². The fraction of sp³-hybridized carbons (Fsp3) is 0.556. The molecule has 0 radical (unpaired) electrons. The number of esters is 1. The molecule has 0 amide bonds. The molecule has 0 aromatic heterocycles. The summed E-state index contributed by atoms with van der Waals surface area (Å²) in [5.74, 6) is -0.467. The van der Waals surface area contributed by atoms with E-state index in [0.717, 1.165) is 5.56 Å². The van der Waals surface area contributed by atoms with Crippen LogP contribution in [0.4, 0.5) is 4.79 Å². The Bertz CT molecular complexity index is 657. The van der Waals surface area contributed by atoms with Gasteiger partial charge in [-0.1, -0.05) is 24.3 Å². The van der Waals surface area contributed by atoms with Crippen LogP contribution in [0.5, 0.6) is 0 Å². The summed E-state index contributed by atoms with van der Waals surface area (Å²) in [6.45, 7) is 6.84. The van der Waals surface area contributed by atoms with Crippen LogP contribution in [0.2, 0.25) is 0 Å². The van der Waals surface area contributed by atoms with Crippen molar-refractivity contribution in [3.63, 3.8) is 0 Å². The van der Waals surface area contributed by atoms with Crippen LogP contribution < -0.4 is 10.8 Å². The van der Waals surface area contributed by atoms with Gasteiger partial charge in [-0.05, 0) is 38.2 Å². The first-order chi connectivity index (χ1) is 12.5. The second kappa shape index (κ2) is 8.73. The van der Waals surface area contributed by atoms with Gasteiger partial charge >= 0.3 is 19.2 Å². The van der Waals surface area contributed by atoms with Crippen molar-refractivity contribution in [2.45, 2.75) is 58.0 Å². The van der Waals surface area contributed by atoms with Gasteiger partial charge in [0.05, 0.1) is 6.04 Å². The summed E-state index contributed by atoms with van der Waals surface area (Å²) >= 11 is 0. The second-order valence-corrected chi connectivity index (χ2v) is 7.53. The van der Waals surface area contributed by atoms with E-state index in [4.69, 9.17) is 24.3 Å². The highest BCUT2D eigenvalue weighted by Crippen LogP contribution is 2.21. The molecular formula is C18H26BNO7.